The molecule has 2 rings (SSSR count). The lowest BCUT2D eigenvalue weighted by Crippen LogP contribution is -2.19. The average Bonchev–Trinajstić information content (AvgIpc) is 2.81. The number of carbonyl (C=O) groups excluding carboxylic acids is 1. The van der Waals surface area contributed by atoms with Crippen LogP contribution in [0.25, 0.3) is 0 Å². The molecule has 96 valence electrons. The number of nitrogens with one attached hydrogen (secondary N) is 1. The molecular weight excluding hydrogens is 256 g/mol. The van der Waals surface area contributed by atoms with Gasteiger partial charge in [-0.25, -0.2) is 18.4 Å². The number of nitrogens with zero attached hydrogens (tertiary/aromatic N) is 4. The number of nitriles is 1. The van der Waals surface area contributed by atoms with Gasteiger partial charge < -0.3 is 5.32 Å². The van der Waals surface area contributed by atoms with Crippen molar-refractivity contribution in [3.8, 4) is 6.07 Å². The lowest BCUT2D eigenvalue weighted by Gasteiger charge is -2.05. The average molecular weight is 263 g/mol. The maximum Gasteiger partial charge on any atom is 0.252 e. The molecule has 0 bridgehead atoms. The molecule has 1 amide bonds. The molecule has 6 nitrogen and oxygen atoms in total. The van der Waals surface area contributed by atoms with Gasteiger partial charge in [0.2, 0.25) is 5.91 Å². The molecule has 0 fully saturated rings. The van der Waals surface area contributed by atoms with E-state index < -0.39 is 17.5 Å². The van der Waals surface area contributed by atoms with E-state index in [2.05, 4.69) is 15.4 Å². The van der Waals surface area contributed by atoms with Crippen LogP contribution in [0, 0.1) is 23.0 Å². The molecule has 1 aromatic carbocycles. The van der Waals surface area contributed by atoms with Crippen LogP contribution in [-0.4, -0.2) is 20.7 Å². The number of rotatable bonds is 3. The van der Waals surface area contributed by atoms with Gasteiger partial charge in [-0.3, -0.25) is 4.79 Å². The first kappa shape index (κ1) is 12.6. The zero-order valence-electron chi connectivity index (χ0n) is 9.47. The Balaban J connectivity index is 2.01. The topological polar surface area (TPSA) is 83.6 Å². The number of carbonyl (C=O) groups is 1. The minimum atomic E-state index is -1.05. The van der Waals surface area contributed by atoms with Gasteiger partial charge in [0.05, 0.1) is 0 Å². The number of amides is 1. The second kappa shape index (κ2) is 5.22. The normalized spacial score (nSPS) is 9.95. The number of halogens is 2. The van der Waals surface area contributed by atoms with Crippen molar-refractivity contribution in [3.05, 3.63) is 42.0 Å². The first-order chi connectivity index (χ1) is 9.08. The summed E-state index contributed by atoms with van der Waals surface area (Å²) in [6.07, 6.45) is 1.23. The number of aromatic nitrogens is 3. The summed E-state index contributed by atoms with van der Waals surface area (Å²) in [5.41, 5.74) is 0.129. The Morgan fingerprint density at radius 2 is 2.21 bits per heavy atom. The van der Waals surface area contributed by atoms with Crippen molar-refractivity contribution in [1.29, 1.82) is 5.26 Å². The molecule has 0 aliphatic rings. The highest BCUT2D eigenvalue weighted by Gasteiger charge is 2.08. The third kappa shape index (κ3) is 3.10. The van der Waals surface area contributed by atoms with Crippen molar-refractivity contribution in [3.63, 3.8) is 0 Å². The summed E-state index contributed by atoms with van der Waals surface area (Å²) in [6, 6.07) is 4.73. The third-order valence-electron chi connectivity index (χ3n) is 2.15. The Hall–Kier alpha value is -2.82. The zero-order chi connectivity index (χ0) is 13.8. The minimum absolute atomic E-state index is 0.0550. The quantitative estimate of drug-likeness (QED) is 0.897. The van der Waals surface area contributed by atoms with Crippen LogP contribution >= 0.6 is 0 Å². The molecule has 1 aromatic heterocycles. The molecular formula is C11H7F2N5O. The van der Waals surface area contributed by atoms with E-state index in [-0.39, 0.29) is 18.1 Å². The highest BCUT2D eigenvalue weighted by molar-refractivity contribution is 5.90. The summed E-state index contributed by atoms with van der Waals surface area (Å²) in [4.78, 5) is 15.2. The molecule has 0 radical (unpaired) electrons. The molecule has 0 saturated heterocycles. The molecule has 0 aliphatic heterocycles. The maximum absolute atomic E-state index is 12.9. The Bertz CT molecular complexity index is 661. The van der Waals surface area contributed by atoms with E-state index >= 15 is 0 Å². The van der Waals surface area contributed by atoms with Crippen molar-refractivity contribution in [2.75, 3.05) is 5.32 Å². The van der Waals surface area contributed by atoms with Crippen LogP contribution in [0.15, 0.2) is 24.5 Å². The molecule has 1 N–H and O–H groups in total. The summed E-state index contributed by atoms with van der Waals surface area (Å²) >= 11 is 0. The van der Waals surface area contributed by atoms with Gasteiger partial charge in [-0.2, -0.15) is 5.26 Å². The molecule has 19 heavy (non-hydrogen) atoms. The van der Waals surface area contributed by atoms with Gasteiger partial charge in [0, 0.05) is 11.8 Å². The smallest absolute Gasteiger partial charge is 0.252 e. The fourth-order valence-corrected chi connectivity index (χ4v) is 1.34. The van der Waals surface area contributed by atoms with Crippen LogP contribution in [0.2, 0.25) is 0 Å². The predicted molar refractivity (Wildman–Crippen MR) is 59.7 cm³/mol. The van der Waals surface area contributed by atoms with Crippen LogP contribution < -0.4 is 5.32 Å². The van der Waals surface area contributed by atoms with Gasteiger partial charge in [0.1, 0.15) is 18.9 Å². The number of benzene rings is 1. The SMILES string of the molecule is N#Cc1ncn(CC(=O)Nc2ccc(F)c(F)c2)n1. The first-order valence-electron chi connectivity index (χ1n) is 5.13. The molecule has 0 aliphatic carbocycles. The van der Waals surface area contributed by atoms with Gasteiger partial charge in [0.25, 0.3) is 5.82 Å². The fraction of sp³-hybridized carbons (Fsp3) is 0.0909. The summed E-state index contributed by atoms with van der Waals surface area (Å²) < 4.78 is 26.8. The van der Waals surface area contributed by atoms with Crippen LogP contribution in [0.5, 0.6) is 0 Å². The Labute approximate surface area is 106 Å². The van der Waals surface area contributed by atoms with E-state index in [4.69, 9.17) is 5.26 Å². The minimum Gasteiger partial charge on any atom is -0.324 e. The summed E-state index contributed by atoms with van der Waals surface area (Å²) in [7, 11) is 0. The molecule has 8 heteroatoms. The van der Waals surface area contributed by atoms with Gasteiger partial charge in [-0.15, -0.1) is 5.10 Å². The maximum atomic E-state index is 12.9. The summed E-state index contributed by atoms with van der Waals surface area (Å²) in [5, 5.41) is 14.6. The molecule has 0 spiro atoms. The van der Waals surface area contributed by atoms with Crippen LogP contribution in [-0.2, 0) is 11.3 Å². The van der Waals surface area contributed by atoms with Gasteiger partial charge in [0.15, 0.2) is 11.6 Å². The van der Waals surface area contributed by atoms with Crippen molar-refractivity contribution in [1.82, 2.24) is 14.8 Å². The van der Waals surface area contributed by atoms with E-state index in [1.165, 1.54) is 12.4 Å². The number of hydrogen-bond acceptors (Lipinski definition) is 4. The highest BCUT2D eigenvalue weighted by atomic mass is 19.2. The Morgan fingerprint density at radius 3 is 2.84 bits per heavy atom. The summed E-state index contributed by atoms with van der Waals surface area (Å²) in [5.74, 6) is -2.60. The zero-order valence-corrected chi connectivity index (χ0v) is 9.47. The molecule has 0 saturated carbocycles. The van der Waals surface area contributed by atoms with E-state index in [1.807, 2.05) is 0 Å². The van der Waals surface area contributed by atoms with Gasteiger partial charge in [-0.05, 0) is 12.1 Å². The lowest BCUT2D eigenvalue weighted by molar-refractivity contribution is -0.116. The monoisotopic (exact) mass is 263 g/mol. The molecule has 2 aromatic rings. The van der Waals surface area contributed by atoms with Crippen LogP contribution in [0.1, 0.15) is 5.82 Å². The Kier molecular flexibility index (Phi) is 3.47. The second-order valence-corrected chi connectivity index (χ2v) is 3.55. The third-order valence-corrected chi connectivity index (χ3v) is 2.15. The standard InChI is InChI=1S/C11H7F2N5O/c12-8-2-1-7(3-9(8)13)16-11(19)5-18-6-15-10(4-14)17-18/h1-3,6H,5H2,(H,16,19). The van der Waals surface area contributed by atoms with Crippen molar-refractivity contribution < 1.29 is 13.6 Å². The molecule has 1 heterocycles. The molecule has 0 atom stereocenters. The summed E-state index contributed by atoms with van der Waals surface area (Å²) in [6.45, 7) is -0.187. The lowest BCUT2D eigenvalue weighted by atomic mass is 10.3. The number of anilines is 1. The van der Waals surface area contributed by atoms with E-state index in [1.54, 1.807) is 6.07 Å². The highest BCUT2D eigenvalue weighted by Crippen LogP contribution is 2.12. The first-order valence-corrected chi connectivity index (χ1v) is 5.13. The van der Waals surface area contributed by atoms with Crippen molar-refractivity contribution >= 4 is 11.6 Å². The predicted octanol–water partition coefficient (Wildman–Crippen LogP) is 1.07. The fourth-order valence-electron chi connectivity index (χ4n) is 1.34. The van der Waals surface area contributed by atoms with Gasteiger partial charge >= 0.3 is 0 Å². The van der Waals surface area contributed by atoms with Gasteiger partial charge in [-0.1, -0.05) is 0 Å². The van der Waals surface area contributed by atoms with Crippen LogP contribution in [0.4, 0.5) is 14.5 Å². The van der Waals surface area contributed by atoms with Crippen molar-refractivity contribution in [2.24, 2.45) is 0 Å². The van der Waals surface area contributed by atoms with Crippen LogP contribution in [0.3, 0.4) is 0 Å². The van der Waals surface area contributed by atoms with E-state index in [9.17, 15) is 13.6 Å². The largest absolute Gasteiger partial charge is 0.324 e. The molecule has 0 unspecified atom stereocenters. The van der Waals surface area contributed by atoms with E-state index in [0.29, 0.717) is 0 Å². The number of hydrogen-bond donors (Lipinski definition) is 1. The second-order valence-electron chi connectivity index (χ2n) is 3.55. The Morgan fingerprint density at radius 1 is 1.42 bits per heavy atom. The van der Waals surface area contributed by atoms with Crippen molar-refractivity contribution in [2.45, 2.75) is 6.54 Å². The van der Waals surface area contributed by atoms with E-state index in [0.717, 1.165) is 16.8 Å².